The van der Waals surface area contributed by atoms with E-state index in [1.165, 1.54) is 30.6 Å². The highest BCUT2D eigenvalue weighted by Gasteiger charge is 2.70. The monoisotopic (exact) mass is 348 g/mol. The van der Waals surface area contributed by atoms with Gasteiger partial charge in [-0.2, -0.15) is 0 Å². The molecule has 4 unspecified atom stereocenters. The Balaban J connectivity index is 1.53. The van der Waals surface area contributed by atoms with Gasteiger partial charge in [-0.25, -0.2) is 0 Å². The van der Waals surface area contributed by atoms with Crippen molar-refractivity contribution in [3.8, 4) is 0 Å². The van der Waals surface area contributed by atoms with Crippen molar-refractivity contribution in [3.63, 3.8) is 0 Å². The fourth-order valence-corrected chi connectivity index (χ4v) is 7.69. The molecule has 1 aromatic rings. The number of nitrogens with zero attached hydrogens (tertiary/aromatic N) is 2. The van der Waals surface area contributed by atoms with Gasteiger partial charge >= 0.3 is 0 Å². The van der Waals surface area contributed by atoms with Crippen molar-refractivity contribution >= 4 is 11.6 Å². The number of benzene rings is 1. The number of hydrogen-bond donors (Lipinski definition) is 0. The first-order valence-corrected chi connectivity index (χ1v) is 10.3. The first kappa shape index (κ1) is 14.4. The smallest absolute Gasteiger partial charge is 0.229 e. The molecule has 1 saturated carbocycles. The van der Waals surface area contributed by atoms with Gasteiger partial charge in [0.15, 0.2) is 0 Å². The Labute approximate surface area is 153 Å². The Kier molecular flexibility index (Phi) is 2.55. The molecule has 1 aromatic carbocycles. The second kappa shape index (κ2) is 4.60. The maximum absolute atomic E-state index is 13.3. The van der Waals surface area contributed by atoms with E-state index in [0.29, 0.717) is 30.3 Å². The topological polar surface area (TPSA) is 32.8 Å². The minimum absolute atomic E-state index is 0.108. The molecule has 1 amide bonds. The summed E-state index contributed by atoms with van der Waals surface area (Å²) in [5.74, 6) is 1.34. The molecular weight excluding hydrogens is 324 g/mol. The normalized spacial score (nSPS) is 45.1. The number of hydrogen-bond acceptors (Lipinski definition) is 3. The minimum Gasteiger partial charge on any atom is -0.377 e. The molecule has 5 aliphatic heterocycles. The van der Waals surface area contributed by atoms with Gasteiger partial charge in [-0.3, -0.25) is 9.69 Å². The van der Waals surface area contributed by atoms with Gasteiger partial charge in [0.2, 0.25) is 5.91 Å². The van der Waals surface area contributed by atoms with Crippen molar-refractivity contribution in [1.82, 2.24) is 4.90 Å². The molecule has 7 rings (SSSR count). The zero-order chi connectivity index (χ0) is 17.0. The minimum atomic E-state index is 0.108. The van der Waals surface area contributed by atoms with Crippen molar-refractivity contribution in [2.45, 2.75) is 49.3 Å². The molecule has 6 atom stereocenters. The van der Waals surface area contributed by atoms with E-state index in [1.807, 2.05) is 0 Å². The molecule has 134 valence electrons. The van der Waals surface area contributed by atoms with Crippen LogP contribution in [0.4, 0.5) is 5.69 Å². The number of piperidine rings is 2. The Hall–Kier alpha value is -1.65. The van der Waals surface area contributed by atoms with E-state index in [-0.39, 0.29) is 17.4 Å². The van der Waals surface area contributed by atoms with E-state index in [1.54, 1.807) is 5.57 Å². The lowest BCUT2D eigenvalue weighted by Gasteiger charge is -2.59. The fraction of sp³-hybridized carbons (Fsp3) is 0.591. The first-order valence-electron chi connectivity index (χ1n) is 10.3. The van der Waals surface area contributed by atoms with Crippen LogP contribution in [-0.2, 0) is 14.9 Å². The summed E-state index contributed by atoms with van der Waals surface area (Å²) < 4.78 is 6.32. The fourth-order valence-electron chi connectivity index (χ4n) is 7.69. The quantitative estimate of drug-likeness (QED) is 0.676. The van der Waals surface area contributed by atoms with Crippen molar-refractivity contribution in [1.29, 1.82) is 0 Å². The lowest BCUT2D eigenvalue weighted by Crippen LogP contribution is -2.69. The lowest BCUT2D eigenvalue weighted by atomic mass is 9.53. The molecule has 1 spiro atoms. The van der Waals surface area contributed by atoms with E-state index < -0.39 is 0 Å². The molecule has 0 aromatic heterocycles. The summed E-state index contributed by atoms with van der Waals surface area (Å²) in [7, 11) is 0. The number of amides is 1. The van der Waals surface area contributed by atoms with Crippen LogP contribution in [0.5, 0.6) is 0 Å². The molecule has 4 nitrogen and oxygen atoms in total. The van der Waals surface area contributed by atoms with E-state index >= 15 is 0 Å². The van der Waals surface area contributed by atoms with Crippen LogP contribution >= 0.6 is 0 Å². The second-order valence-corrected chi connectivity index (χ2v) is 9.10. The van der Waals surface area contributed by atoms with Gasteiger partial charge in [0, 0.05) is 29.6 Å². The number of carbonyl (C=O) groups excluding carboxylic acids is 1. The summed E-state index contributed by atoms with van der Waals surface area (Å²) in [6.07, 6.45) is 6.57. The molecule has 4 fully saturated rings. The maximum atomic E-state index is 13.3. The average molecular weight is 348 g/mol. The third-order valence-electron chi connectivity index (χ3n) is 8.42. The van der Waals surface area contributed by atoms with Crippen molar-refractivity contribution in [3.05, 3.63) is 41.5 Å². The molecule has 3 saturated heterocycles. The molecule has 1 aliphatic carbocycles. The van der Waals surface area contributed by atoms with Crippen LogP contribution in [0.1, 0.15) is 31.2 Å². The number of anilines is 1. The molecule has 0 N–H and O–H groups in total. The van der Waals surface area contributed by atoms with Gasteiger partial charge in [0.1, 0.15) is 0 Å². The Morgan fingerprint density at radius 1 is 1.23 bits per heavy atom. The van der Waals surface area contributed by atoms with Crippen LogP contribution in [0, 0.1) is 11.8 Å². The van der Waals surface area contributed by atoms with Crippen molar-refractivity contribution in [2.24, 2.45) is 11.8 Å². The van der Waals surface area contributed by atoms with Crippen molar-refractivity contribution in [2.75, 3.05) is 24.6 Å². The second-order valence-electron chi connectivity index (χ2n) is 9.10. The zero-order valence-electron chi connectivity index (χ0n) is 14.9. The van der Waals surface area contributed by atoms with Gasteiger partial charge in [0.05, 0.1) is 25.2 Å². The van der Waals surface area contributed by atoms with Gasteiger partial charge in [-0.1, -0.05) is 29.8 Å². The Morgan fingerprint density at radius 2 is 2.15 bits per heavy atom. The van der Waals surface area contributed by atoms with Gasteiger partial charge in [-0.15, -0.1) is 0 Å². The summed E-state index contributed by atoms with van der Waals surface area (Å²) in [5.41, 5.74) is 4.41. The molecule has 4 heteroatoms. The molecular formula is C22H24N2O2. The van der Waals surface area contributed by atoms with Crippen molar-refractivity contribution < 1.29 is 9.53 Å². The van der Waals surface area contributed by atoms with Crippen LogP contribution in [0.25, 0.3) is 0 Å². The SMILES string of the molecule is O=C1CC2OCCC=C3CN4CC[C@]56c7ccccc7N1C5[C@H]2C3CC46. The Bertz CT molecular complexity index is 863. The van der Waals surface area contributed by atoms with Crippen LogP contribution in [0.3, 0.4) is 0 Å². The predicted octanol–water partition coefficient (Wildman–Crippen LogP) is 2.48. The highest BCUT2D eigenvalue weighted by molar-refractivity contribution is 5.99. The molecule has 2 bridgehead atoms. The number of para-hydroxylation sites is 1. The summed E-state index contributed by atoms with van der Waals surface area (Å²) in [5, 5.41) is 0. The van der Waals surface area contributed by atoms with E-state index in [2.05, 4.69) is 40.1 Å². The van der Waals surface area contributed by atoms with Gasteiger partial charge in [0.25, 0.3) is 0 Å². The van der Waals surface area contributed by atoms with Crippen LogP contribution in [0.2, 0.25) is 0 Å². The van der Waals surface area contributed by atoms with Crippen LogP contribution in [-0.4, -0.2) is 48.7 Å². The molecule has 5 heterocycles. The number of rotatable bonds is 0. The van der Waals surface area contributed by atoms with E-state index in [4.69, 9.17) is 4.74 Å². The van der Waals surface area contributed by atoms with Crippen LogP contribution in [0.15, 0.2) is 35.9 Å². The standard InChI is InChI=1S/C22H24N2O2/c25-19-11-17-20-14-10-18-22(7-8-23(18)12-13(14)4-3-9-26-17)15-5-1-2-6-16(15)24(19)21(20)22/h1-2,4-6,14,17-18,20-21H,3,7-12H2/t14?,17?,18?,20-,21?,22+/m0/s1. The van der Waals surface area contributed by atoms with Crippen LogP contribution < -0.4 is 4.90 Å². The van der Waals surface area contributed by atoms with E-state index in [0.717, 1.165) is 19.6 Å². The summed E-state index contributed by atoms with van der Waals surface area (Å²) in [4.78, 5) is 18.2. The number of carbonyl (C=O) groups is 1. The van der Waals surface area contributed by atoms with E-state index in [9.17, 15) is 4.79 Å². The summed E-state index contributed by atoms with van der Waals surface area (Å²) in [6.45, 7) is 3.07. The first-order chi connectivity index (χ1) is 12.8. The number of fused-ring (bicyclic) bond motifs is 2. The molecule has 0 radical (unpaired) electrons. The molecule has 6 aliphatic rings. The highest BCUT2D eigenvalue weighted by Crippen LogP contribution is 2.65. The van der Waals surface area contributed by atoms with Gasteiger partial charge < -0.3 is 9.64 Å². The maximum Gasteiger partial charge on any atom is 0.229 e. The Morgan fingerprint density at radius 3 is 3.12 bits per heavy atom. The predicted molar refractivity (Wildman–Crippen MR) is 98.0 cm³/mol. The largest absolute Gasteiger partial charge is 0.377 e. The summed E-state index contributed by atoms with van der Waals surface area (Å²) in [6, 6.07) is 9.66. The zero-order valence-corrected chi connectivity index (χ0v) is 14.9. The summed E-state index contributed by atoms with van der Waals surface area (Å²) >= 11 is 0. The number of ether oxygens (including phenoxy) is 1. The average Bonchev–Trinajstić information content (AvgIpc) is 3.18. The highest BCUT2D eigenvalue weighted by atomic mass is 16.5. The lowest BCUT2D eigenvalue weighted by molar-refractivity contribution is -0.135. The third kappa shape index (κ3) is 1.43. The molecule has 26 heavy (non-hydrogen) atoms. The van der Waals surface area contributed by atoms with Gasteiger partial charge in [-0.05, 0) is 43.4 Å². The third-order valence-corrected chi connectivity index (χ3v) is 8.42.